The third-order valence-corrected chi connectivity index (χ3v) is 6.25. The van der Waals surface area contributed by atoms with Gasteiger partial charge in [-0.05, 0) is 43.0 Å². The van der Waals surface area contributed by atoms with E-state index in [1.807, 2.05) is 49.5 Å². The van der Waals surface area contributed by atoms with Crippen molar-refractivity contribution in [3.05, 3.63) is 60.3 Å². The highest BCUT2D eigenvalue weighted by Crippen LogP contribution is 2.29. The number of methoxy groups -OCH3 is 1. The lowest BCUT2D eigenvalue weighted by molar-refractivity contribution is -0.113. The molecule has 4 rings (SSSR count). The molecule has 7 heteroatoms. The summed E-state index contributed by atoms with van der Waals surface area (Å²) in [6.07, 6.45) is 4.20. The number of hydrogen-bond acceptors (Lipinski definition) is 5. The largest absolute Gasteiger partial charge is 0.495 e. The SMILES string of the molecule is COc1ccc(C)cc1NC(=O)CSc1ncc(-c2ccccc2)n1CC1CCCO1. The average Bonchev–Trinajstić information content (AvgIpc) is 3.43. The molecular formula is C24H27N3O3S. The Balaban J connectivity index is 1.49. The van der Waals surface area contributed by atoms with Gasteiger partial charge in [-0.3, -0.25) is 4.79 Å². The molecule has 162 valence electrons. The van der Waals surface area contributed by atoms with Gasteiger partial charge in [0.1, 0.15) is 5.75 Å². The number of aromatic nitrogens is 2. The molecule has 1 N–H and O–H groups in total. The van der Waals surface area contributed by atoms with Crippen LogP contribution in [0.2, 0.25) is 0 Å². The molecule has 0 radical (unpaired) electrons. The van der Waals surface area contributed by atoms with Gasteiger partial charge >= 0.3 is 0 Å². The van der Waals surface area contributed by atoms with Crippen LogP contribution in [0.15, 0.2) is 59.9 Å². The molecule has 3 aromatic rings. The maximum atomic E-state index is 12.6. The minimum absolute atomic E-state index is 0.0955. The Bertz CT molecular complexity index is 1030. The molecule has 1 saturated heterocycles. The summed E-state index contributed by atoms with van der Waals surface area (Å²) in [5.41, 5.74) is 3.89. The highest BCUT2D eigenvalue weighted by atomic mass is 32.2. The number of nitrogens with one attached hydrogen (secondary N) is 1. The monoisotopic (exact) mass is 437 g/mol. The van der Waals surface area contributed by atoms with Crippen LogP contribution in [0.1, 0.15) is 18.4 Å². The zero-order valence-electron chi connectivity index (χ0n) is 17.8. The quantitative estimate of drug-likeness (QED) is 0.514. The molecular weight excluding hydrogens is 410 g/mol. The number of imidazole rings is 1. The molecule has 0 spiro atoms. The number of amides is 1. The number of anilines is 1. The van der Waals surface area contributed by atoms with Crippen LogP contribution in [0.4, 0.5) is 5.69 Å². The van der Waals surface area contributed by atoms with Crippen LogP contribution in [0.25, 0.3) is 11.3 Å². The molecule has 1 fully saturated rings. The first-order valence-corrected chi connectivity index (χ1v) is 11.4. The van der Waals surface area contributed by atoms with Gasteiger partial charge in [-0.2, -0.15) is 0 Å². The molecule has 1 atom stereocenters. The van der Waals surface area contributed by atoms with E-state index in [2.05, 4.69) is 27.0 Å². The molecule has 1 aliphatic rings. The van der Waals surface area contributed by atoms with E-state index in [-0.39, 0.29) is 17.8 Å². The Hall–Kier alpha value is -2.77. The van der Waals surface area contributed by atoms with Crippen LogP contribution in [-0.4, -0.2) is 41.0 Å². The van der Waals surface area contributed by atoms with Gasteiger partial charge < -0.3 is 19.4 Å². The number of thioether (sulfide) groups is 1. The van der Waals surface area contributed by atoms with Crippen molar-refractivity contribution in [3.63, 3.8) is 0 Å². The molecule has 0 aliphatic carbocycles. The Morgan fingerprint density at radius 2 is 2.13 bits per heavy atom. The van der Waals surface area contributed by atoms with Crippen LogP contribution in [0.5, 0.6) is 5.75 Å². The minimum atomic E-state index is -0.0955. The topological polar surface area (TPSA) is 65.4 Å². The van der Waals surface area contributed by atoms with Crippen LogP contribution in [0, 0.1) is 6.92 Å². The minimum Gasteiger partial charge on any atom is -0.495 e. The number of rotatable bonds is 8. The fraction of sp³-hybridized carbons (Fsp3) is 0.333. The third-order valence-electron chi connectivity index (χ3n) is 5.26. The zero-order valence-corrected chi connectivity index (χ0v) is 18.7. The molecule has 6 nitrogen and oxygen atoms in total. The molecule has 0 bridgehead atoms. The van der Waals surface area contributed by atoms with Gasteiger partial charge in [0.05, 0.1) is 43.1 Å². The Labute approximate surface area is 187 Å². The molecule has 31 heavy (non-hydrogen) atoms. The molecule has 2 heterocycles. The normalized spacial score (nSPS) is 15.7. The maximum absolute atomic E-state index is 12.6. The summed E-state index contributed by atoms with van der Waals surface area (Å²) in [7, 11) is 1.60. The second kappa shape index (κ2) is 10.0. The van der Waals surface area contributed by atoms with Gasteiger partial charge in [0.2, 0.25) is 5.91 Å². The predicted molar refractivity (Wildman–Crippen MR) is 124 cm³/mol. The second-order valence-corrected chi connectivity index (χ2v) is 8.52. The van der Waals surface area contributed by atoms with E-state index in [0.29, 0.717) is 11.4 Å². The number of carbonyl (C=O) groups is 1. The molecule has 1 aromatic heterocycles. The lowest BCUT2D eigenvalue weighted by Crippen LogP contribution is -2.18. The second-order valence-electron chi connectivity index (χ2n) is 7.58. The van der Waals surface area contributed by atoms with Crippen molar-refractivity contribution in [1.82, 2.24) is 9.55 Å². The molecule has 0 saturated carbocycles. The first kappa shape index (κ1) is 21.5. The van der Waals surface area contributed by atoms with E-state index in [1.165, 1.54) is 11.8 Å². The van der Waals surface area contributed by atoms with Crippen molar-refractivity contribution in [2.24, 2.45) is 0 Å². The van der Waals surface area contributed by atoms with Gasteiger partial charge in [-0.15, -0.1) is 0 Å². The highest BCUT2D eigenvalue weighted by molar-refractivity contribution is 7.99. The zero-order chi connectivity index (χ0) is 21.6. The molecule has 1 amide bonds. The van der Waals surface area contributed by atoms with Gasteiger partial charge in [-0.1, -0.05) is 48.2 Å². The van der Waals surface area contributed by atoms with Gasteiger partial charge in [-0.25, -0.2) is 4.98 Å². The summed E-state index contributed by atoms with van der Waals surface area (Å²) in [5, 5.41) is 3.78. The summed E-state index contributed by atoms with van der Waals surface area (Å²) < 4.78 is 13.4. The molecule has 2 aromatic carbocycles. The number of nitrogens with zero attached hydrogens (tertiary/aromatic N) is 2. The number of carbonyl (C=O) groups excluding carboxylic acids is 1. The van der Waals surface area contributed by atoms with Gasteiger partial charge in [0.15, 0.2) is 5.16 Å². The molecule has 1 aliphatic heterocycles. The lowest BCUT2D eigenvalue weighted by atomic mass is 10.1. The Morgan fingerprint density at radius 3 is 2.87 bits per heavy atom. The van der Waals surface area contributed by atoms with Crippen molar-refractivity contribution in [3.8, 4) is 17.0 Å². The summed E-state index contributed by atoms with van der Waals surface area (Å²) in [6.45, 7) is 3.53. The highest BCUT2D eigenvalue weighted by Gasteiger charge is 2.21. The van der Waals surface area contributed by atoms with E-state index >= 15 is 0 Å². The van der Waals surface area contributed by atoms with E-state index in [1.54, 1.807) is 7.11 Å². The van der Waals surface area contributed by atoms with Crippen LogP contribution < -0.4 is 10.1 Å². The Kier molecular flexibility index (Phi) is 6.94. The van der Waals surface area contributed by atoms with Crippen LogP contribution in [-0.2, 0) is 16.1 Å². The smallest absolute Gasteiger partial charge is 0.234 e. The standard InChI is InChI=1S/C24H27N3O3S/c1-17-10-11-22(29-2)20(13-17)26-23(28)16-31-24-25-14-21(18-7-4-3-5-8-18)27(24)15-19-9-6-12-30-19/h3-5,7-8,10-11,13-14,19H,6,9,12,15-16H2,1-2H3,(H,26,28). The summed E-state index contributed by atoms with van der Waals surface area (Å²) in [4.78, 5) is 17.3. The molecule has 1 unspecified atom stereocenters. The number of hydrogen-bond donors (Lipinski definition) is 1. The van der Waals surface area contributed by atoms with E-state index in [4.69, 9.17) is 9.47 Å². The van der Waals surface area contributed by atoms with E-state index in [0.717, 1.165) is 48.0 Å². The first-order valence-electron chi connectivity index (χ1n) is 10.4. The van der Waals surface area contributed by atoms with Crippen molar-refractivity contribution in [2.45, 2.75) is 37.6 Å². The number of benzene rings is 2. The maximum Gasteiger partial charge on any atom is 0.234 e. The van der Waals surface area contributed by atoms with Crippen molar-refractivity contribution in [2.75, 3.05) is 24.8 Å². The fourth-order valence-corrected chi connectivity index (χ4v) is 4.51. The third kappa shape index (κ3) is 5.29. The average molecular weight is 438 g/mol. The van der Waals surface area contributed by atoms with Gasteiger partial charge in [0.25, 0.3) is 0 Å². The van der Waals surface area contributed by atoms with Crippen molar-refractivity contribution in [1.29, 1.82) is 0 Å². The lowest BCUT2D eigenvalue weighted by Gasteiger charge is -2.16. The van der Waals surface area contributed by atoms with E-state index in [9.17, 15) is 4.79 Å². The number of ether oxygens (including phenoxy) is 2. The van der Waals surface area contributed by atoms with Gasteiger partial charge in [0, 0.05) is 6.61 Å². The predicted octanol–water partition coefficient (Wildman–Crippen LogP) is 4.78. The fourth-order valence-electron chi connectivity index (χ4n) is 3.72. The van der Waals surface area contributed by atoms with Crippen molar-refractivity contribution < 1.29 is 14.3 Å². The van der Waals surface area contributed by atoms with Crippen molar-refractivity contribution >= 4 is 23.4 Å². The Morgan fingerprint density at radius 1 is 1.29 bits per heavy atom. The number of aryl methyl sites for hydroxylation is 1. The summed E-state index contributed by atoms with van der Waals surface area (Å²) in [6, 6.07) is 15.9. The van der Waals surface area contributed by atoms with Crippen LogP contribution >= 0.6 is 11.8 Å². The first-order chi connectivity index (χ1) is 15.1. The summed E-state index contributed by atoms with van der Waals surface area (Å²) >= 11 is 1.43. The van der Waals surface area contributed by atoms with Crippen LogP contribution in [0.3, 0.4) is 0 Å². The van der Waals surface area contributed by atoms with E-state index < -0.39 is 0 Å². The summed E-state index contributed by atoms with van der Waals surface area (Å²) in [5.74, 6) is 0.811.